The van der Waals surface area contributed by atoms with Crippen LogP contribution in [0.3, 0.4) is 0 Å². The number of para-hydroxylation sites is 2. The van der Waals surface area contributed by atoms with E-state index in [0.717, 1.165) is 30.2 Å². The molecule has 3 aromatic rings. The molecule has 0 atom stereocenters. The summed E-state index contributed by atoms with van der Waals surface area (Å²) in [5, 5.41) is 14.1. The maximum absolute atomic E-state index is 12.7. The van der Waals surface area contributed by atoms with E-state index in [1.165, 1.54) is 23.9 Å². The number of nitrogens with one attached hydrogen (secondary N) is 1. The monoisotopic (exact) mass is 334 g/mol. The van der Waals surface area contributed by atoms with Crippen molar-refractivity contribution in [2.75, 3.05) is 23.3 Å². The highest BCUT2D eigenvalue weighted by atomic mass is 16.1. The summed E-state index contributed by atoms with van der Waals surface area (Å²) in [5.74, 6) is -0.151. The molecule has 1 aromatic heterocycles. The number of carbonyl (C=O) groups is 1. The molecule has 7 heteroatoms. The van der Waals surface area contributed by atoms with Gasteiger partial charge < -0.3 is 10.2 Å². The molecule has 1 aliphatic rings. The molecule has 7 nitrogen and oxygen atoms in total. The fourth-order valence-corrected chi connectivity index (χ4v) is 3.08. The minimum absolute atomic E-state index is 0.151. The van der Waals surface area contributed by atoms with Gasteiger partial charge in [-0.15, -0.1) is 5.10 Å². The van der Waals surface area contributed by atoms with Crippen LogP contribution in [-0.4, -0.2) is 39.2 Å². The molecule has 1 aliphatic heterocycles. The Balaban J connectivity index is 1.58. The van der Waals surface area contributed by atoms with Gasteiger partial charge in [0, 0.05) is 18.7 Å². The minimum Gasteiger partial charge on any atom is -0.370 e. The summed E-state index contributed by atoms with van der Waals surface area (Å²) in [5.41, 5.74) is 3.21. The zero-order chi connectivity index (χ0) is 17.1. The lowest BCUT2D eigenvalue weighted by atomic mass is 10.1. The second kappa shape index (κ2) is 6.72. The highest BCUT2D eigenvalue weighted by Gasteiger charge is 2.17. The van der Waals surface area contributed by atoms with Crippen LogP contribution in [0.1, 0.15) is 23.2 Å². The summed E-state index contributed by atoms with van der Waals surface area (Å²) in [4.78, 5) is 15.0. The molecule has 0 radical (unpaired) electrons. The van der Waals surface area contributed by atoms with Crippen molar-refractivity contribution in [3.8, 4) is 5.69 Å². The molecule has 4 rings (SSSR count). The van der Waals surface area contributed by atoms with Crippen LogP contribution in [0, 0.1) is 0 Å². The van der Waals surface area contributed by atoms with Gasteiger partial charge in [-0.2, -0.15) is 0 Å². The number of tetrazole rings is 1. The maximum Gasteiger partial charge on any atom is 0.255 e. The van der Waals surface area contributed by atoms with Gasteiger partial charge in [0.1, 0.15) is 6.33 Å². The third-order valence-corrected chi connectivity index (χ3v) is 4.32. The van der Waals surface area contributed by atoms with Crippen molar-refractivity contribution >= 4 is 17.3 Å². The Bertz CT molecular complexity index is 871. The van der Waals surface area contributed by atoms with Crippen LogP contribution in [0.2, 0.25) is 0 Å². The lowest BCUT2D eigenvalue weighted by Crippen LogP contribution is -2.21. The number of rotatable bonds is 4. The predicted octanol–water partition coefficient (Wildman–Crippen LogP) is 2.51. The Morgan fingerprint density at radius 2 is 1.88 bits per heavy atom. The van der Waals surface area contributed by atoms with Crippen LogP contribution in [0.15, 0.2) is 54.9 Å². The van der Waals surface area contributed by atoms with Crippen LogP contribution >= 0.6 is 0 Å². The number of aromatic nitrogens is 4. The Morgan fingerprint density at radius 3 is 2.68 bits per heavy atom. The van der Waals surface area contributed by atoms with E-state index in [4.69, 9.17) is 0 Å². The SMILES string of the molecule is O=C(Nc1ccccc1N1CCCC1)c1cccc(-n2cnnn2)c1. The molecule has 1 amide bonds. The van der Waals surface area contributed by atoms with Crippen LogP contribution in [0.25, 0.3) is 5.69 Å². The van der Waals surface area contributed by atoms with Crippen molar-refractivity contribution in [1.29, 1.82) is 0 Å². The highest BCUT2D eigenvalue weighted by molar-refractivity contribution is 6.06. The van der Waals surface area contributed by atoms with E-state index in [1.807, 2.05) is 30.3 Å². The van der Waals surface area contributed by atoms with Crippen molar-refractivity contribution in [3.05, 3.63) is 60.4 Å². The molecule has 0 unspecified atom stereocenters. The van der Waals surface area contributed by atoms with Crippen molar-refractivity contribution in [3.63, 3.8) is 0 Å². The first kappa shape index (κ1) is 15.3. The molecule has 0 saturated carbocycles. The lowest BCUT2D eigenvalue weighted by molar-refractivity contribution is 0.102. The van der Waals surface area contributed by atoms with Crippen LogP contribution in [0.4, 0.5) is 11.4 Å². The summed E-state index contributed by atoms with van der Waals surface area (Å²) in [6.07, 6.45) is 3.88. The molecule has 0 bridgehead atoms. The molecule has 2 heterocycles. The molecule has 1 saturated heterocycles. The number of hydrogen-bond acceptors (Lipinski definition) is 5. The Kier molecular flexibility index (Phi) is 4.12. The topological polar surface area (TPSA) is 75.9 Å². The quantitative estimate of drug-likeness (QED) is 0.793. The van der Waals surface area contributed by atoms with E-state index in [-0.39, 0.29) is 5.91 Å². The van der Waals surface area contributed by atoms with E-state index >= 15 is 0 Å². The number of nitrogens with zero attached hydrogens (tertiary/aromatic N) is 5. The standard InChI is InChI=1S/C18H18N6O/c25-18(14-6-5-7-15(12-14)24-13-19-21-22-24)20-16-8-1-2-9-17(16)23-10-3-4-11-23/h1-2,5-9,12-13H,3-4,10-11H2,(H,20,25). The molecule has 126 valence electrons. The highest BCUT2D eigenvalue weighted by Crippen LogP contribution is 2.29. The Morgan fingerprint density at radius 1 is 1.04 bits per heavy atom. The predicted molar refractivity (Wildman–Crippen MR) is 95.0 cm³/mol. The van der Waals surface area contributed by atoms with Gasteiger partial charge in [-0.05, 0) is 53.6 Å². The Hall–Kier alpha value is -3.22. The van der Waals surface area contributed by atoms with Crippen molar-refractivity contribution in [2.24, 2.45) is 0 Å². The zero-order valence-electron chi connectivity index (χ0n) is 13.7. The molecular weight excluding hydrogens is 316 g/mol. The average Bonchev–Trinajstić information content (AvgIpc) is 3.36. The average molecular weight is 334 g/mol. The van der Waals surface area contributed by atoms with Crippen molar-refractivity contribution in [2.45, 2.75) is 12.8 Å². The molecule has 1 fully saturated rings. The number of anilines is 2. The first-order valence-corrected chi connectivity index (χ1v) is 8.30. The van der Waals surface area contributed by atoms with Gasteiger partial charge in [-0.25, -0.2) is 4.68 Å². The van der Waals surface area contributed by atoms with Gasteiger partial charge in [0.05, 0.1) is 17.1 Å². The molecule has 0 spiro atoms. The van der Waals surface area contributed by atoms with Crippen LogP contribution < -0.4 is 10.2 Å². The second-order valence-electron chi connectivity index (χ2n) is 5.97. The number of carbonyl (C=O) groups excluding carboxylic acids is 1. The van der Waals surface area contributed by atoms with Gasteiger partial charge in [-0.1, -0.05) is 18.2 Å². The van der Waals surface area contributed by atoms with Gasteiger partial charge in [0.2, 0.25) is 0 Å². The third kappa shape index (κ3) is 3.21. The summed E-state index contributed by atoms with van der Waals surface area (Å²) < 4.78 is 1.52. The fraction of sp³-hybridized carbons (Fsp3) is 0.222. The normalized spacial score (nSPS) is 13.8. The molecule has 2 aromatic carbocycles. The number of hydrogen-bond donors (Lipinski definition) is 1. The first-order valence-electron chi connectivity index (χ1n) is 8.30. The molecular formula is C18H18N6O. The van der Waals surface area contributed by atoms with E-state index in [2.05, 4.69) is 31.8 Å². The summed E-state index contributed by atoms with van der Waals surface area (Å²) >= 11 is 0. The molecule has 1 N–H and O–H groups in total. The van der Waals surface area contributed by atoms with Gasteiger partial charge in [0.25, 0.3) is 5.91 Å². The van der Waals surface area contributed by atoms with Crippen LogP contribution in [-0.2, 0) is 0 Å². The van der Waals surface area contributed by atoms with Gasteiger partial charge >= 0.3 is 0 Å². The summed E-state index contributed by atoms with van der Waals surface area (Å²) in [6, 6.07) is 15.2. The number of benzene rings is 2. The van der Waals surface area contributed by atoms with Crippen LogP contribution in [0.5, 0.6) is 0 Å². The first-order chi connectivity index (χ1) is 12.3. The Labute approximate surface area is 145 Å². The minimum atomic E-state index is -0.151. The van der Waals surface area contributed by atoms with E-state index in [9.17, 15) is 4.79 Å². The maximum atomic E-state index is 12.7. The van der Waals surface area contributed by atoms with Crippen molar-refractivity contribution in [1.82, 2.24) is 20.2 Å². The zero-order valence-corrected chi connectivity index (χ0v) is 13.7. The number of amides is 1. The second-order valence-corrected chi connectivity index (χ2v) is 5.97. The third-order valence-electron chi connectivity index (χ3n) is 4.32. The largest absolute Gasteiger partial charge is 0.370 e. The van der Waals surface area contributed by atoms with Crippen molar-refractivity contribution < 1.29 is 4.79 Å². The van der Waals surface area contributed by atoms with Gasteiger partial charge in [-0.3, -0.25) is 4.79 Å². The van der Waals surface area contributed by atoms with E-state index < -0.39 is 0 Å². The lowest BCUT2D eigenvalue weighted by Gasteiger charge is -2.21. The molecule has 25 heavy (non-hydrogen) atoms. The summed E-state index contributed by atoms with van der Waals surface area (Å²) in [6.45, 7) is 2.06. The molecule has 0 aliphatic carbocycles. The van der Waals surface area contributed by atoms with E-state index in [1.54, 1.807) is 12.1 Å². The summed E-state index contributed by atoms with van der Waals surface area (Å²) in [7, 11) is 0. The smallest absolute Gasteiger partial charge is 0.255 e. The fourth-order valence-electron chi connectivity index (χ4n) is 3.08. The van der Waals surface area contributed by atoms with E-state index in [0.29, 0.717) is 5.56 Å². The van der Waals surface area contributed by atoms with Gasteiger partial charge in [0.15, 0.2) is 0 Å².